The van der Waals surface area contributed by atoms with Crippen molar-refractivity contribution in [3.8, 4) is 0 Å². The molecular formula is C20H28FNO3. The molecule has 1 aromatic rings. The molecule has 0 spiro atoms. The quantitative estimate of drug-likeness (QED) is 0.792. The molecule has 0 radical (unpaired) electrons. The Labute approximate surface area is 149 Å². The molecule has 0 N–H and O–H groups in total. The molecule has 138 valence electrons. The van der Waals surface area contributed by atoms with Crippen molar-refractivity contribution in [1.82, 2.24) is 4.90 Å². The first kappa shape index (κ1) is 18.3. The molecule has 0 aromatic heterocycles. The van der Waals surface area contributed by atoms with Crippen LogP contribution in [0.5, 0.6) is 0 Å². The van der Waals surface area contributed by atoms with Gasteiger partial charge in [0.1, 0.15) is 5.82 Å². The topological polar surface area (TPSA) is 38.8 Å². The second-order valence-electron chi connectivity index (χ2n) is 7.05. The molecule has 3 rings (SSSR count). The van der Waals surface area contributed by atoms with E-state index in [1.165, 1.54) is 6.07 Å². The highest BCUT2D eigenvalue weighted by Gasteiger charge is 2.24. The highest BCUT2D eigenvalue weighted by Crippen LogP contribution is 2.23. The molecule has 2 heterocycles. The number of benzene rings is 1. The van der Waals surface area contributed by atoms with Crippen molar-refractivity contribution in [3.63, 3.8) is 0 Å². The van der Waals surface area contributed by atoms with Crippen molar-refractivity contribution in [1.29, 1.82) is 0 Å². The molecule has 4 nitrogen and oxygen atoms in total. The molecule has 1 amide bonds. The van der Waals surface area contributed by atoms with Gasteiger partial charge in [-0.2, -0.15) is 0 Å². The number of likely N-dealkylation sites (tertiary alicyclic amines) is 1. The Morgan fingerprint density at radius 1 is 1.16 bits per heavy atom. The fraction of sp³-hybridized carbons (Fsp3) is 0.650. The molecule has 0 aliphatic carbocycles. The number of hydrogen-bond acceptors (Lipinski definition) is 3. The summed E-state index contributed by atoms with van der Waals surface area (Å²) >= 11 is 0. The lowest BCUT2D eigenvalue weighted by Gasteiger charge is -2.32. The van der Waals surface area contributed by atoms with Gasteiger partial charge >= 0.3 is 0 Å². The van der Waals surface area contributed by atoms with Crippen LogP contribution in [0.15, 0.2) is 24.3 Å². The molecule has 0 bridgehead atoms. The Morgan fingerprint density at radius 3 is 2.60 bits per heavy atom. The van der Waals surface area contributed by atoms with Crippen LogP contribution in [0.3, 0.4) is 0 Å². The van der Waals surface area contributed by atoms with E-state index in [1.54, 1.807) is 6.07 Å². The third-order valence-corrected chi connectivity index (χ3v) is 5.27. The van der Waals surface area contributed by atoms with E-state index in [9.17, 15) is 9.18 Å². The second kappa shape index (κ2) is 9.30. The summed E-state index contributed by atoms with van der Waals surface area (Å²) in [6.45, 7) is 3.56. The maximum Gasteiger partial charge on any atom is 0.224 e. The molecule has 0 atom stereocenters. The van der Waals surface area contributed by atoms with Gasteiger partial charge in [-0.05, 0) is 49.7 Å². The molecule has 25 heavy (non-hydrogen) atoms. The van der Waals surface area contributed by atoms with E-state index >= 15 is 0 Å². The number of amides is 1. The van der Waals surface area contributed by atoms with E-state index in [0.29, 0.717) is 18.9 Å². The minimum Gasteiger partial charge on any atom is -0.381 e. The van der Waals surface area contributed by atoms with Crippen LogP contribution in [-0.4, -0.2) is 49.8 Å². The number of piperidine rings is 1. The predicted molar refractivity (Wildman–Crippen MR) is 93.8 cm³/mol. The zero-order valence-electron chi connectivity index (χ0n) is 14.8. The fourth-order valence-electron chi connectivity index (χ4n) is 3.68. The van der Waals surface area contributed by atoms with Gasteiger partial charge in [-0.1, -0.05) is 18.2 Å². The molecule has 0 unspecified atom stereocenters. The summed E-state index contributed by atoms with van der Waals surface area (Å²) in [5.41, 5.74) is 0.789. The number of ether oxygens (including phenoxy) is 2. The van der Waals surface area contributed by atoms with Crippen LogP contribution in [0.4, 0.5) is 4.39 Å². The molecular weight excluding hydrogens is 321 g/mol. The van der Waals surface area contributed by atoms with Crippen molar-refractivity contribution in [2.45, 2.75) is 44.6 Å². The smallest absolute Gasteiger partial charge is 0.224 e. The van der Waals surface area contributed by atoms with Gasteiger partial charge < -0.3 is 14.4 Å². The van der Waals surface area contributed by atoms with E-state index in [4.69, 9.17) is 9.47 Å². The van der Waals surface area contributed by atoms with Gasteiger partial charge in [0.25, 0.3) is 0 Å². The van der Waals surface area contributed by atoms with E-state index in [2.05, 4.69) is 0 Å². The number of carbonyl (C=O) groups excluding carboxylic acids is 1. The summed E-state index contributed by atoms with van der Waals surface area (Å²) in [6, 6.07) is 6.99. The zero-order chi connectivity index (χ0) is 17.5. The van der Waals surface area contributed by atoms with E-state index in [-0.39, 0.29) is 17.8 Å². The summed E-state index contributed by atoms with van der Waals surface area (Å²) < 4.78 is 24.8. The molecule has 0 saturated carbocycles. The SMILES string of the molecule is O=C(CCOC1CCOCC1)N1CCC(Cc2ccccc2F)CC1. The average Bonchev–Trinajstić information content (AvgIpc) is 2.65. The van der Waals surface area contributed by atoms with E-state index in [1.807, 2.05) is 17.0 Å². The van der Waals surface area contributed by atoms with Crippen molar-refractivity contribution in [2.24, 2.45) is 5.92 Å². The van der Waals surface area contributed by atoms with Crippen molar-refractivity contribution in [3.05, 3.63) is 35.6 Å². The van der Waals surface area contributed by atoms with Crippen LogP contribution < -0.4 is 0 Å². The van der Waals surface area contributed by atoms with E-state index in [0.717, 1.165) is 64.0 Å². The summed E-state index contributed by atoms with van der Waals surface area (Å²) in [5.74, 6) is 0.516. The first-order valence-corrected chi connectivity index (χ1v) is 9.43. The molecule has 1 aromatic carbocycles. The lowest BCUT2D eigenvalue weighted by atomic mass is 9.90. The van der Waals surface area contributed by atoms with Crippen LogP contribution in [0.1, 0.15) is 37.7 Å². The first-order chi connectivity index (χ1) is 12.2. The molecule has 5 heteroatoms. The van der Waals surface area contributed by atoms with Gasteiger partial charge in [0.05, 0.1) is 19.1 Å². The summed E-state index contributed by atoms with van der Waals surface area (Å²) in [5, 5.41) is 0. The molecule has 2 fully saturated rings. The Balaban J connectivity index is 1.35. The van der Waals surface area contributed by atoms with Crippen LogP contribution in [0, 0.1) is 11.7 Å². The van der Waals surface area contributed by atoms with Crippen molar-refractivity contribution >= 4 is 5.91 Å². The number of carbonyl (C=O) groups is 1. The summed E-state index contributed by atoms with van der Waals surface area (Å²) in [4.78, 5) is 14.3. The van der Waals surface area contributed by atoms with E-state index < -0.39 is 0 Å². The van der Waals surface area contributed by atoms with Crippen molar-refractivity contribution in [2.75, 3.05) is 32.9 Å². The van der Waals surface area contributed by atoms with Gasteiger partial charge in [0, 0.05) is 26.3 Å². The Kier molecular flexibility index (Phi) is 6.82. The highest BCUT2D eigenvalue weighted by molar-refractivity contribution is 5.76. The zero-order valence-corrected chi connectivity index (χ0v) is 14.8. The van der Waals surface area contributed by atoms with Gasteiger partial charge in [0.2, 0.25) is 5.91 Å². The number of halogens is 1. The molecule has 2 aliphatic heterocycles. The van der Waals surface area contributed by atoms with Crippen LogP contribution >= 0.6 is 0 Å². The normalized spacial score (nSPS) is 20.0. The van der Waals surface area contributed by atoms with Crippen LogP contribution in [0.2, 0.25) is 0 Å². The second-order valence-corrected chi connectivity index (χ2v) is 7.05. The number of hydrogen-bond donors (Lipinski definition) is 0. The largest absolute Gasteiger partial charge is 0.381 e. The molecule has 2 saturated heterocycles. The fourth-order valence-corrected chi connectivity index (χ4v) is 3.68. The van der Waals surface area contributed by atoms with Gasteiger partial charge in [-0.25, -0.2) is 4.39 Å². The highest BCUT2D eigenvalue weighted by atomic mass is 19.1. The standard InChI is InChI=1S/C20H28FNO3/c21-19-4-2-1-3-17(19)15-16-5-10-22(11-6-16)20(23)9-14-25-18-7-12-24-13-8-18/h1-4,16,18H,5-15H2. The average molecular weight is 349 g/mol. The minimum absolute atomic E-state index is 0.119. The van der Waals surface area contributed by atoms with Gasteiger partial charge in [-0.3, -0.25) is 4.79 Å². The number of rotatable bonds is 6. The Morgan fingerprint density at radius 2 is 1.88 bits per heavy atom. The van der Waals surface area contributed by atoms with Gasteiger partial charge in [0.15, 0.2) is 0 Å². The summed E-state index contributed by atoms with van der Waals surface area (Å²) in [7, 11) is 0. The lowest BCUT2D eigenvalue weighted by Crippen LogP contribution is -2.39. The van der Waals surface area contributed by atoms with Gasteiger partial charge in [-0.15, -0.1) is 0 Å². The maximum absolute atomic E-state index is 13.8. The monoisotopic (exact) mass is 349 g/mol. The Bertz CT molecular complexity index is 552. The third-order valence-electron chi connectivity index (χ3n) is 5.27. The Hall–Kier alpha value is -1.46. The number of nitrogens with zero attached hydrogens (tertiary/aromatic N) is 1. The maximum atomic E-state index is 13.8. The third kappa shape index (κ3) is 5.51. The van der Waals surface area contributed by atoms with Crippen molar-refractivity contribution < 1.29 is 18.7 Å². The van der Waals surface area contributed by atoms with Crippen LogP contribution in [0.25, 0.3) is 0 Å². The minimum atomic E-state index is -0.119. The summed E-state index contributed by atoms with van der Waals surface area (Å²) in [6.07, 6.45) is 5.21. The van der Waals surface area contributed by atoms with Crippen LogP contribution in [-0.2, 0) is 20.7 Å². The lowest BCUT2D eigenvalue weighted by molar-refractivity contribution is -0.134. The first-order valence-electron chi connectivity index (χ1n) is 9.43. The predicted octanol–water partition coefficient (Wildman–Crippen LogP) is 3.19. The molecule has 2 aliphatic rings.